The van der Waals surface area contributed by atoms with Crippen molar-refractivity contribution in [2.75, 3.05) is 0 Å². The van der Waals surface area contributed by atoms with E-state index in [1.54, 1.807) is 0 Å². The third-order valence-corrected chi connectivity index (χ3v) is 4.40. The van der Waals surface area contributed by atoms with Gasteiger partial charge in [0, 0.05) is 12.4 Å². The Hall–Kier alpha value is -2.78. The van der Waals surface area contributed by atoms with Crippen molar-refractivity contribution in [3.8, 4) is 0 Å². The lowest BCUT2D eigenvalue weighted by molar-refractivity contribution is -0.122. The lowest BCUT2D eigenvalue weighted by atomic mass is 9.75. The molecule has 2 aromatic rings. The molecule has 2 amide bonds. The van der Waals surface area contributed by atoms with E-state index in [1.165, 1.54) is 18.6 Å². The minimum atomic E-state index is -1.66. The molecule has 2 atom stereocenters. The highest BCUT2D eigenvalue weighted by atomic mass is 16.4. The van der Waals surface area contributed by atoms with Crippen molar-refractivity contribution in [3.05, 3.63) is 59.7 Å². The Labute approximate surface area is 170 Å². The number of nitrogens with one attached hydrogen (secondary N) is 2. The normalized spacial score (nSPS) is 12.9. The molecule has 1 aromatic carbocycles. The van der Waals surface area contributed by atoms with Crippen molar-refractivity contribution in [2.24, 2.45) is 5.92 Å². The number of carbonyl (C=O) groups excluding carboxylic acids is 2. The average molecular weight is 398 g/mol. The molecular formula is C20H27BN4O4. The standard InChI is InChI=1S/C20H27BN4O4/c1-13(2)10-18(21(28)29)25-19(26)11-16(15-6-4-14(3)5-7-15)24-20(27)17-12-22-8-9-23-17/h4-9,12-13,16,18,28-29H,10-11H2,1-3H3,(H,24,27)(H,25,26)/t16?,18-/m0/s1. The summed E-state index contributed by atoms with van der Waals surface area (Å²) in [6, 6.07) is 6.87. The van der Waals surface area contributed by atoms with Crippen molar-refractivity contribution in [3.63, 3.8) is 0 Å². The smallest absolute Gasteiger partial charge is 0.426 e. The van der Waals surface area contributed by atoms with Crippen molar-refractivity contribution in [1.82, 2.24) is 20.6 Å². The van der Waals surface area contributed by atoms with Crippen LogP contribution in [0.4, 0.5) is 0 Å². The number of amides is 2. The van der Waals surface area contributed by atoms with Crippen molar-refractivity contribution < 1.29 is 19.6 Å². The first-order valence-corrected chi connectivity index (χ1v) is 9.55. The van der Waals surface area contributed by atoms with E-state index in [9.17, 15) is 19.6 Å². The Kier molecular flexibility index (Phi) is 8.29. The summed E-state index contributed by atoms with van der Waals surface area (Å²) in [6.45, 7) is 5.80. The number of hydrogen-bond donors (Lipinski definition) is 4. The van der Waals surface area contributed by atoms with E-state index in [2.05, 4.69) is 20.6 Å². The zero-order valence-corrected chi connectivity index (χ0v) is 16.9. The minimum absolute atomic E-state index is 0.0591. The molecule has 2 rings (SSSR count). The van der Waals surface area contributed by atoms with Crippen molar-refractivity contribution in [2.45, 2.75) is 45.6 Å². The molecule has 0 spiro atoms. The first kappa shape index (κ1) is 22.5. The number of aryl methyl sites for hydroxylation is 1. The third-order valence-electron chi connectivity index (χ3n) is 4.40. The summed E-state index contributed by atoms with van der Waals surface area (Å²) in [5.41, 5.74) is 1.96. The summed E-state index contributed by atoms with van der Waals surface area (Å²) in [5, 5.41) is 24.6. The zero-order chi connectivity index (χ0) is 21.4. The summed E-state index contributed by atoms with van der Waals surface area (Å²) in [5.74, 6) is -1.45. The van der Waals surface area contributed by atoms with Gasteiger partial charge in [-0.1, -0.05) is 43.7 Å². The zero-order valence-electron chi connectivity index (χ0n) is 16.9. The molecule has 154 valence electrons. The van der Waals surface area contributed by atoms with Crippen LogP contribution in [0.5, 0.6) is 0 Å². The van der Waals surface area contributed by atoms with Crippen LogP contribution < -0.4 is 10.6 Å². The Bertz CT molecular complexity index is 800. The first-order chi connectivity index (χ1) is 13.8. The van der Waals surface area contributed by atoms with E-state index < -0.39 is 30.9 Å². The Morgan fingerprint density at radius 2 is 1.79 bits per heavy atom. The Morgan fingerprint density at radius 3 is 2.34 bits per heavy atom. The molecule has 0 bridgehead atoms. The summed E-state index contributed by atoms with van der Waals surface area (Å²) in [6.07, 6.45) is 4.60. The highest BCUT2D eigenvalue weighted by Gasteiger charge is 2.28. The maximum Gasteiger partial charge on any atom is 0.475 e. The summed E-state index contributed by atoms with van der Waals surface area (Å²) in [7, 11) is -1.66. The van der Waals surface area contributed by atoms with Crippen LogP contribution in [0, 0.1) is 12.8 Å². The molecule has 4 N–H and O–H groups in total. The van der Waals surface area contributed by atoms with Crippen molar-refractivity contribution in [1.29, 1.82) is 0 Å². The van der Waals surface area contributed by atoms with Gasteiger partial charge in [-0.05, 0) is 24.8 Å². The predicted molar refractivity (Wildman–Crippen MR) is 110 cm³/mol. The quantitative estimate of drug-likeness (QED) is 0.471. The molecule has 9 heteroatoms. The number of nitrogens with zero attached hydrogens (tertiary/aromatic N) is 2. The minimum Gasteiger partial charge on any atom is -0.426 e. The highest BCUT2D eigenvalue weighted by Crippen LogP contribution is 2.19. The number of aromatic nitrogens is 2. The van der Waals surface area contributed by atoms with Crippen LogP contribution >= 0.6 is 0 Å². The van der Waals surface area contributed by atoms with Crippen LogP contribution in [-0.4, -0.2) is 44.9 Å². The molecule has 0 aliphatic carbocycles. The second-order valence-corrected chi connectivity index (χ2v) is 7.45. The topological polar surface area (TPSA) is 124 Å². The lowest BCUT2D eigenvalue weighted by Gasteiger charge is -2.23. The average Bonchev–Trinajstić information content (AvgIpc) is 2.67. The largest absolute Gasteiger partial charge is 0.475 e. The molecule has 0 aliphatic rings. The molecule has 1 heterocycles. The fraction of sp³-hybridized carbons (Fsp3) is 0.400. The van der Waals surface area contributed by atoms with Crippen LogP contribution in [-0.2, 0) is 4.79 Å². The third kappa shape index (κ3) is 7.28. The van der Waals surface area contributed by atoms with E-state index in [0.29, 0.717) is 6.42 Å². The molecule has 29 heavy (non-hydrogen) atoms. The molecule has 1 unspecified atom stereocenters. The molecular weight excluding hydrogens is 371 g/mol. The molecule has 1 aromatic heterocycles. The van der Waals surface area contributed by atoms with Gasteiger partial charge in [0.05, 0.1) is 24.6 Å². The van der Waals surface area contributed by atoms with E-state index in [4.69, 9.17) is 0 Å². The SMILES string of the molecule is Cc1ccc(C(CC(=O)N[C@@H](CC(C)C)B(O)O)NC(=O)c2cnccn2)cc1. The van der Waals surface area contributed by atoms with Gasteiger partial charge in [-0.3, -0.25) is 14.6 Å². The van der Waals surface area contributed by atoms with Gasteiger partial charge in [0.25, 0.3) is 5.91 Å². The molecule has 0 fully saturated rings. The van der Waals surface area contributed by atoms with Crippen LogP contribution in [0.15, 0.2) is 42.9 Å². The van der Waals surface area contributed by atoms with Gasteiger partial charge < -0.3 is 20.7 Å². The summed E-state index contributed by atoms with van der Waals surface area (Å²) in [4.78, 5) is 33.0. The molecule has 0 saturated carbocycles. The summed E-state index contributed by atoms with van der Waals surface area (Å²) >= 11 is 0. The van der Waals surface area contributed by atoms with Crippen LogP contribution in [0.2, 0.25) is 0 Å². The van der Waals surface area contributed by atoms with Gasteiger partial charge in [-0.2, -0.15) is 0 Å². The highest BCUT2D eigenvalue weighted by molar-refractivity contribution is 6.43. The summed E-state index contributed by atoms with van der Waals surface area (Å²) < 4.78 is 0. The van der Waals surface area contributed by atoms with Gasteiger partial charge in [0.15, 0.2) is 0 Å². The van der Waals surface area contributed by atoms with Crippen LogP contribution in [0.3, 0.4) is 0 Å². The lowest BCUT2D eigenvalue weighted by Crippen LogP contribution is -2.48. The molecule has 0 radical (unpaired) electrons. The monoisotopic (exact) mass is 398 g/mol. The fourth-order valence-corrected chi connectivity index (χ4v) is 2.91. The Balaban J connectivity index is 2.15. The van der Waals surface area contributed by atoms with Gasteiger partial charge in [-0.25, -0.2) is 4.98 Å². The molecule has 0 saturated heterocycles. The first-order valence-electron chi connectivity index (χ1n) is 9.55. The van der Waals surface area contributed by atoms with E-state index in [1.807, 2.05) is 45.0 Å². The van der Waals surface area contributed by atoms with E-state index in [0.717, 1.165) is 11.1 Å². The van der Waals surface area contributed by atoms with Gasteiger partial charge in [0.2, 0.25) is 5.91 Å². The van der Waals surface area contributed by atoms with Crippen molar-refractivity contribution >= 4 is 18.9 Å². The maximum absolute atomic E-state index is 12.6. The van der Waals surface area contributed by atoms with E-state index in [-0.39, 0.29) is 18.0 Å². The maximum atomic E-state index is 12.6. The number of hydrogen-bond acceptors (Lipinski definition) is 6. The Morgan fingerprint density at radius 1 is 1.10 bits per heavy atom. The number of rotatable bonds is 9. The van der Waals surface area contributed by atoms with E-state index >= 15 is 0 Å². The van der Waals surface area contributed by atoms with Gasteiger partial charge in [0.1, 0.15) is 5.69 Å². The van der Waals surface area contributed by atoms with Crippen LogP contribution in [0.1, 0.15) is 54.3 Å². The molecule has 0 aliphatic heterocycles. The molecule has 8 nitrogen and oxygen atoms in total. The number of benzene rings is 1. The van der Waals surface area contributed by atoms with Gasteiger partial charge in [-0.15, -0.1) is 0 Å². The second kappa shape index (κ2) is 10.7. The second-order valence-electron chi connectivity index (χ2n) is 7.45. The van der Waals surface area contributed by atoms with Gasteiger partial charge >= 0.3 is 7.12 Å². The fourth-order valence-electron chi connectivity index (χ4n) is 2.91. The predicted octanol–water partition coefficient (Wildman–Crippen LogP) is 1.19. The number of carbonyl (C=O) groups is 2. The van der Waals surface area contributed by atoms with Crippen LogP contribution in [0.25, 0.3) is 0 Å².